The van der Waals surface area contributed by atoms with Crippen LogP contribution in [0.5, 0.6) is 0 Å². The fraction of sp³-hybridized carbons (Fsp3) is 0.417. The quantitative estimate of drug-likeness (QED) is 0.486. The molecule has 0 saturated carbocycles. The number of ether oxygens (including phenoxy) is 1. The van der Waals surface area contributed by atoms with Crippen molar-refractivity contribution in [3.05, 3.63) is 51.2 Å². The summed E-state index contributed by atoms with van der Waals surface area (Å²) in [5.74, 6) is 0.000604. The number of nitrogens with one attached hydrogen (secondary N) is 1. The first-order valence-electron chi connectivity index (χ1n) is 11.5. The van der Waals surface area contributed by atoms with E-state index < -0.39 is 23.2 Å². The molecule has 0 aliphatic carbocycles. The molecule has 0 atom stereocenters. The van der Waals surface area contributed by atoms with E-state index in [1.54, 1.807) is 0 Å². The summed E-state index contributed by atoms with van der Waals surface area (Å²) in [5.41, 5.74) is -1.31. The van der Waals surface area contributed by atoms with Crippen molar-refractivity contribution >= 4 is 40.1 Å². The fourth-order valence-corrected chi connectivity index (χ4v) is 6.75. The maximum Gasteiger partial charge on any atom is 0.417 e. The average Bonchev–Trinajstić information content (AvgIpc) is 3.02. The Morgan fingerprint density at radius 3 is 2.56 bits per heavy atom. The maximum atomic E-state index is 14.6. The van der Waals surface area contributed by atoms with Gasteiger partial charge in [-0.3, -0.25) is 4.57 Å². The van der Waals surface area contributed by atoms with Crippen LogP contribution in [0.25, 0.3) is 22.0 Å². The van der Waals surface area contributed by atoms with Gasteiger partial charge in [-0.2, -0.15) is 18.2 Å². The minimum Gasteiger partial charge on any atom is -0.380 e. The Kier molecular flexibility index (Phi) is 5.75. The van der Waals surface area contributed by atoms with Gasteiger partial charge in [0.15, 0.2) is 0 Å². The zero-order chi connectivity index (χ0) is 25.2. The predicted molar refractivity (Wildman–Crippen MR) is 130 cm³/mol. The zero-order valence-corrected chi connectivity index (χ0v) is 20.5. The number of nitrogens with zero attached hydrogens (tertiary/aromatic N) is 3. The number of hydrogen-bond acceptors (Lipinski definition) is 6. The summed E-state index contributed by atoms with van der Waals surface area (Å²) in [6, 6.07) is 4.64. The van der Waals surface area contributed by atoms with E-state index in [0.717, 1.165) is 12.1 Å². The smallest absolute Gasteiger partial charge is 0.380 e. The van der Waals surface area contributed by atoms with Crippen LogP contribution in [0.2, 0.25) is 5.02 Å². The number of hydrogen-bond donors (Lipinski definition) is 1. The topological polar surface area (TPSA) is 59.4 Å². The second kappa shape index (κ2) is 8.61. The molecule has 6 rings (SSSR count). The van der Waals surface area contributed by atoms with E-state index in [9.17, 15) is 22.4 Å². The van der Waals surface area contributed by atoms with Gasteiger partial charge in [0.05, 0.1) is 29.3 Å². The normalized spacial score (nSPS) is 19.4. The van der Waals surface area contributed by atoms with Gasteiger partial charge in [-0.25, -0.2) is 9.18 Å². The molecule has 36 heavy (non-hydrogen) atoms. The van der Waals surface area contributed by atoms with Gasteiger partial charge in [-0.15, -0.1) is 11.8 Å². The van der Waals surface area contributed by atoms with Gasteiger partial charge in [0.1, 0.15) is 11.6 Å². The third-order valence-corrected chi connectivity index (χ3v) is 8.69. The number of aromatic nitrogens is 2. The maximum absolute atomic E-state index is 14.6. The molecular formula is C24H21ClF4N4O2S. The first-order chi connectivity index (χ1) is 17.2. The zero-order valence-electron chi connectivity index (χ0n) is 18.9. The van der Waals surface area contributed by atoms with Crippen molar-refractivity contribution in [3.8, 4) is 11.1 Å². The van der Waals surface area contributed by atoms with Crippen molar-refractivity contribution in [2.75, 3.05) is 50.0 Å². The van der Waals surface area contributed by atoms with Gasteiger partial charge in [-0.05, 0) is 23.8 Å². The molecule has 1 aromatic heterocycles. The lowest BCUT2D eigenvalue weighted by atomic mass is 9.88. The lowest BCUT2D eigenvalue weighted by Gasteiger charge is -2.40. The van der Waals surface area contributed by atoms with Crippen LogP contribution in [0.1, 0.15) is 5.56 Å². The van der Waals surface area contributed by atoms with Gasteiger partial charge < -0.3 is 15.0 Å². The summed E-state index contributed by atoms with van der Waals surface area (Å²) >= 11 is 7.27. The van der Waals surface area contributed by atoms with Gasteiger partial charge in [0.2, 0.25) is 0 Å². The summed E-state index contributed by atoms with van der Waals surface area (Å²) in [6.07, 6.45) is -4.72. The number of rotatable bonds is 2. The lowest BCUT2D eigenvalue weighted by Crippen LogP contribution is -2.49. The Bertz CT molecular complexity index is 1430. The number of halogens is 5. The molecule has 2 saturated heterocycles. The molecule has 3 aliphatic rings. The number of piperazine rings is 1. The number of alkyl halides is 3. The number of anilines is 1. The second-order valence-electron chi connectivity index (χ2n) is 9.47. The van der Waals surface area contributed by atoms with Crippen LogP contribution in [0.15, 0.2) is 34.0 Å². The monoisotopic (exact) mass is 540 g/mol. The molecule has 12 heteroatoms. The SMILES string of the molecule is O=c1nc(N2CCNCC2)c2cc(C(F)(F)F)c(-c3ccc(F)c(Cl)c3)c3c2n1CC1(COC1)CS3. The van der Waals surface area contributed by atoms with E-state index in [2.05, 4.69) is 10.3 Å². The van der Waals surface area contributed by atoms with Crippen molar-refractivity contribution in [2.24, 2.45) is 5.41 Å². The summed E-state index contributed by atoms with van der Waals surface area (Å²) in [7, 11) is 0. The Morgan fingerprint density at radius 2 is 1.92 bits per heavy atom. The molecule has 0 unspecified atom stereocenters. The van der Waals surface area contributed by atoms with Crippen molar-refractivity contribution < 1.29 is 22.3 Å². The van der Waals surface area contributed by atoms with E-state index in [-0.39, 0.29) is 32.8 Å². The molecule has 3 aromatic rings. The van der Waals surface area contributed by atoms with Gasteiger partial charge in [0.25, 0.3) is 0 Å². The van der Waals surface area contributed by atoms with Crippen LogP contribution in [0.4, 0.5) is 23.4 Å². The molecule has 0 amide bonds. The van der Waals surface area contributed by atoms with Crippen LogP contribution in [0.3, 0.4) is 0 Å². The summed E-state index contributed by atoms with van der Waals surface area (Å²) in [6.45, 7) is 3.41. The summed E-state index contributed by atoms with van der Waals surface area (Å²) in [4.78, 5) is 19.9. The number of thioether (sulfide) groups is 1. The predicted octanol–water partition coefficient (Wildman–Crippen LogP) is 4.41. The first-order valence-corrected chi connectivity index (χ1v) is 12.8. The van der Waals surface area contributed by atoms with E-state index in [1.807, 2.05) is 4.90 Å². The molecule has 1 spiro atoms. The van der Waals surface area contributed by atoms with Gasteiger partial charge >= 0.3 is 11.9 Å². The number of benzene rings is 2. The highest BCUT2D eigenvalue weighted by Gasteiger charge is 2.44. The van der Waals surface area contributed by atoms with E-state index in [4.69, 9.17) is 16.3 Å². The Hall–Kier alpha value is -2.34. The molecule has 2 fully saturated rings. The molecule has 0 bridgehead atoms. The van der Waals surface area contributed by atoms with E-state index >= 15 is 0 Å². The largest absolute Gasteiger partial charge is 0.417 e. The molecular weight excluding hydrogens is 520 g/mol. The van der Waals surface area contributed by atoms with Crippen molar-refractivity contribution in [2.45, 2.75) is 17.6 Å². The third-order valence-electron chi connectivity index (χ3n) is 6.96. The van der Waals surface area contributed by atoms with Crippen LogP contribution in [-0.2, 0) is 17.5 Å². The highest BCUT2D eigenvalue weighted by molar-refractivity contribution is 7.99. The average molecular weight is 541 g/mol. The van der Waals surface area contributed by atoms with Crippen molar-refractivity contribution in [1.82, 2.24) is 14.9 Å². The van der Waals surface area contributed by atoms with E-state index in [0.29, 0.717) is 62.1 Å². The highest BCUT2D eigenvalue weighted by atomic mass is 35.5. The van der Waals surface area contributed by atoms with Crippen LogP contribution < -0.4 is 15.9 Å². The molecule has 6 nitrogen and oxygen atoms in total. The molecule has 3 aliphatic heterocycles. The molecule has 1 N–H and O–H groups in total. The van der Waals surface area contributed by atoms with E-state index in [1.165, 1.54) is 28.5 Å². The Morgan fingerprint density at radius 1 is 1.17 bits per heavy atom. The third kappa shape index (κ3) is 3.87. The van der Waals surface area contributed by atoms with Crippen LogP contribution in [0, 0.1) is 11.2 Å². The van der Waals surface area contributed by atoms with Gasteiger partial charge in [-0.1, -0.05) is 17.7 Å². The van der Waals surface area contributed by atoms with Crippen molar-refractivity contribution in [1.29, 1.82) is 0 Å². The second-order valence-corrected chi connectivity index (χ2v) is 10.9. The van der Waals surface area contributed by atoms with Crippen molar-refractivity contribution in [3.63, 3.8) is 0 Å². The molecule has 190 valence electrons. The Labute approximate surface area is 212 Å². The lowest BCUT2D eigenvalue weighted by molar-refractivity contribution is -0.137. The molecule has 2 aromatic carbocycles. The minimum atomic E-state index is -4.72. The summed E-state index contributed by atoms with van der Waals surface area (Å²) < 4.78 is 64.7. The highest BCUT2D eigenvalue weighted by Crippen LogP contribution is 2.51. The first kappa shape index (κ1) is 24.0. The minimum absolute atomic E-state index is 0.107. The van der Waals surface area contributed by atoms with Crippen LogP contribution in [-0.4, -0.2) is 54.7 Å². The molecule has 0 radical (unpaired) electrons. The standard InChI is InChI=1S/C24H21ClF4N4O2S/c25-16-7-13(1-2-17(16)26)18-15(24(27,28)29)8-14-19-20(18)36-12-23(10-35-11-23)9-33(19)22(34)31-21(14)32-5-3-30-4-6-32/h1-2,7-8,30H,3-6,9-12H2. The fourth-order valence-electron chi connectivity index (χ4n) is 5.13. The summed E-state index contributed by atoms with van der Waals surface area (Å²) in [5, 5.41) is 3.21. The molecule has 4 heterocycles. The van der Waals surface area contributed by atoms with Crippen LogP contribution >= 0.6 is 23.4 Å². The Balaban J connectivity index is 1.72. The van der Waals surface area contributed by atoms with Gasteiger partial charge in [0, 0.05) is 59.7 Å².